The Morgan fingerprint density at radius 1 is 1.15 bits per heavy atom. The maximum absolute atomic E-state index is 13.5. The van der Waals surface area contributed by atoms with Gasteiger partial charge in [-0.15, -0.1) is 0 Å². The first-order valence-corrected chi connectivity index (χ1v) is 9.44. The fraction of sp³-hybridized carbons (Fsp3) is 0.278. The van der Waals surface area contributed by atoms with Gasteiger partial charge in [0.2, 0.25) is 15.9 Å². The van der Waals surface area contributed by atoms with E-state index in [0.717, 1.165) is 16.4 Å². The third kappa shape index (κ3) is 5.01. The Morgan fingerprint density at radius 2 is 1.74 bits per heavy atom. The van der Waals surface area contributed by atoms with Crippen LogP contribution < -0.4 is 10.1 Å². The molecule has 2 aromatic rings. The maximum Gasteiger partial charge on any atom is 0.247 e. The number of benzene rings is 2. The van der Waals surface area contributed by atoms with Crippen molar-refractivity contribution in [1.29, 1.82) is 0 Å². The normalized spacial score (nSPS) is 12.7. The lowest BCUT2D eigenvalue weighted by molar-refractivity contribution is -0.121. The number of methoxy groups -OCH3 is 1. The number of hydrogen-bond donors (Lipinski definition) is 1. The molecule has 0 unspecified atom stereocenters. The van der Waals surface area contributed by atoms with Gasteiger partial charge in [-0.2, -0.15) is 4.31 Å². The number of halogens is 2. The Hall–Kier alpha value is -2.52. The van der Waals surface area contributed by atoms with Crippen LogP contribution in [0.15, 0.2) is 47.4 Å². The smallest absolute Gasteiger partial charge is 0.247 e. The molecule has 0 radical (unpaired) electrons. The number of nitrogens with one attached hydrogen (secondary N) is 1. The average molecular weight is 398 g/mol. The lowest BCUT2D eigenvalue weighted by Gasteiger charge is -2.20. The van der Waals surface area contributed by atoms with Gasteiger partial charge in [-0.1, -0.05) is 12.1 Å². The van der Waals surface area contributed by atoms with Crippen LogP contribution in [0.5, 0.6) is 5.75 Å². The van der Waals surface area contributed by atoms with Crippen LogP contribution in [-0.4, -0.2) is 39.3 Å². The highest BCUT2D eigenvalue weighted by molar-refractivity contribution is 7.89. The van der Waals surface area contributed by atoms with E-state index >= 15 is 0 Å². The zero-order chi connectivity index (χ0) is 20.2. The summed E-state index contributed by atoms with van der Waals surface area (Å²) in [5.74, 6) is -1.72. The molecule has 0 aliphatic carbocycles. The molecule has 0 fully saturated rings. The van der Waals surface area contributed by atoms with Crippen molar-refractivity contribution in [2.75, 3.05) is 20.7 Å². The van der Waals surface area contributed by atoms with Crippen LogP contribution in [0.4, 0.5) is 8.78 Å². The van der Waals surface area contributed by atoms with Gasteiger partial charge in [0.1, 0.15) is 22.3 Å². The van der Waals surface area contributed by atoms with Crippen LogP contribution >= 0.6 is 0 Å². The molecule has 2 rings (SSSR count). The number of carbonyl (C=O) groups is 1. The van der Waals surface area contributed by atoms with Crippen LogP contribution in [0.1, 0.15) is 18.5 Å². The van der Waals surface area contributed by atoms with Gasteiger partial charge in [0.05, 0.1) is 19.7 Å². The van der Waals surface area contributed by atoms with Crippen molar-refractivity contribution < 1.29 is 26.7 Å². The Kier molecular flexibility index (Phi) is 6.50. The molecule has 2 aromatic carbocycles. The number of rotatable bonds is 7. The summed E-state index contributed by atoms with van der Waals surface area (Å²) in [6.07, 6.45) is 0. The van der Waals surface area contributed by atoms with Gasteiger partial charge in [-0.3, -0.25) is 4.79 Å². The molecule has 1 amide bonds. The fourth-order valence-corrected chi connectivity index (χ4v) is 3.72. The second kappa shape index (κ2) is 8.45. The highest BCUT2D eigenvalue weighted by atomic mass is 32.2. The zero-order valence-corrected chi connectivity index (χ0v) is 15.9. The first kappa shape index (κ1) is 20.8. The molecule has 1 atom stereocenters. The average Bonchev–Trinajstić information content (AvgIpc) is 2.61. The minimum absolute atomic E-state index is 0.0247. The topological polar surface area (TPSA) is 75.7 Å². The summed E-state index contributed by atoms with van der Waals surface area (Å²) in [6.45, 7) is 1.21. The molecule has 0 spiro atoms. The fourth-order valence-electron chi connectivity index (χ4n) is 2.43. The molecule has 0 aliphatic rings. The summed E-state index contributed by atoms with van der Waals surface area (Å²) >= 11 is 0. The monoisotopic (exact) mass is 398 g/mol. The van der Waals surface area contributed by atoms with Gasteiger partial charge in [-0.05, 0) is 42.8 Å². The van der Waals surface area contributed by atoms with Gasteiger partial charge in [0.25, 0.3) is 0 Å². The molecule has 146 valence electrons. The lowest BCUT2D eigenvalue weighted by atomic mass is 10.1. The van der Waals surface area contributed by atoms with Crippen molar-refractivity contribution in [3.8, 4) is 5.75 Å². The number of nitrogens with zero attached hydrogens (tertiary/aromatic N) is 1. The zero-order valence-electron chi connectivity index (χ0n) is 15.1. The highest BCUT2D eigenvalue weighted by Gasteiger charge is 2.27. The highest BCUT2D eigenvalue weighted by Crippen LogP contribution is 2.26. The number of ether oxygens (including phenoxy) is 1. The van der Waals surface area contributed by atoms with Gasteiger partial charge >= 0.3 is 0 Å². The van der Waals surface area contributed by atoms with Crippen molar-refractivity contribution in [1.82, 2.24) is 9.62 Å². The Bertz CT molecular complexity index is 917. The number of sulfonamides is 1. The number of likely N-dealkylation sites (N-methyl/N-ethyl adjacent to an activating group) is 1. The quantitative estimate of drug-likeness (QED) is 0.778. The summed E-state index contributed by atoms with van der Waals surface area (Å²) in [6, 6.07) is 8.26. The molecule has 27 heavy (non-hydrogen) atoms. The van der Waals surface area contributed by atoms with Gasteiger partial charge in [0.15, 0.2) is 0 Å². The third-order valence-corrected chi connectivity index (χ3v) is 5.75. The Labute approximate surface area is 156 Å². The number of hydrogen-bond acceptors (Lipinski definition) is 4. The van der Waals surface area contributed by atoms with Crippen molar-refractivity contribution in [2.24, 2.45) is 0 Å². The SMILES string of the molecule is COc1ccc(F)cc1S(=O)(=O)N(C)CC(=O)N[C@H](C)c1ccc(F)cc1. The van der Waals surface area contributed by atoms with E-state index in [-0.39, 0.29) is 10.6 Å². The van der Waals surface area contributed by atoms with E-state index in [1.807, 2.05) is 0 Å². The minimum atomic E-state index is -4.15. The molecular formula is C18H20F2N2O4S. The molecule has 6 nitrogen and oxygen atoms in total. The van der Waals surface area contributed by atoms with E-state index in [2.05, 4.69) is 5.32 Å². The van der Waals surface area contributed by atoms with E-state index in [4.69, 9.17) is 4.74 Å². The van der Waals surface area contributed by atoms with E-state index < -0.39 is 40.2 Å². The van der Waals surface area contributed by atoms with Crippen molar-refractivity contribution in [2.45, 2.75) is 17.9 Å². The minimum Gasteiger partial charge on any atom is -0.495 e. The molecule has 9 heteroatoms. The summed E-state index contributed by atoms with van der Waals surface area (Å²) in [4.78, 5) is 11.8. The largest absolute Gasteiger partial charge is 0.495 e. The van der Waals surface area contributed by atoms with Gasteiger partial charge in [0, 0.05) is 7.05 Å². The van der Waals surface area contributed by atoms with Crippen LogP contribution in [0.25, 0.3) is 0 Å². The van der Waals surface area contributed by atoms with Crippen LogP contribution in [0.3, 0.4) is 0 Å². The van der Waals surface area contributed by atoms with Gasteiger partial charge in [-0.25, -0.2) is 17.2 Å². The van der Waals surface area contributed by atoms with E-state index in [1.165, 1.54) is 44.5 Å². The Balaban J connectivity index is 2.11. The molecule has 0 aromatic heterocycles. The molecule has 0 heterocycles. The number of carbonyl (C=O) groups excluding carboxylic acids is 1. The first-order valence-electron chi connectivity index (χ1n) is 8.00. The van der Waals surface area contributed by atoms with Crippen LogP contribution in [-0.2, 0) is 14.8 Å². The van der Waals surface area contributed by atoms with Crippen LogP contribution in [0, 0.1) is 11.6 Å². The van der Waals surface area contributed by atoms with E-state index in [9.17, 15) is 22.0 Å². The lowest BCUT2D eigenvalue weighted by Crippen LogP contribution is -2.39. The summed E-state index contributed by atoms with van der Waals surface area (Å²) < 4.78 is 57.5. The van der Waals surface area contributed by atoms with Crippen molar-refractivity contribution >= 4 is 15.9 Å². The summed E-state index contributed by atoms with van der Waals surface area (Å²) in [5, 5.41) is 2.64. The molecular weight excluding hydrogens is 378 g/mol. The maximum atomic E-state index is 13.5. The first-order chi connectivity index (χ1) is 12.6. The summed E-state index contributed by atoms with van der Waals surface area (Å²) in [7, 11) is -1.67. The molecule has 0 bridgehead atoms. The van der Waals surface area contributed by atoms with E-state index in [1.54, 1.807) is 6.92 Å². The molecule has 0 saturated heterocycles. The van der Waals surface area contributed by atoms with Crippen LogP contribution in [0.2, 0.25) is 0 Å². The molecule has 1 N–H and O–H groups in total. The third-order valence-electron chi connectivity index (χ3n) is 3.93. The van der Waals surface area contributed by atoms with Gasteiger partial charge < -0.3 is 10.1 Å². The number of amides is 1. The van der Waals surface area contributed by atoms with Crippen molar-refractivity contribution in [3.63, 3.8) is 0 Å². The van der Waals surface area contributed by atoms with E-state index in [0.29, 0.717) is 5.56 Å². The summed E-state index contributed by atoms with van der Waals surface area (Å²) in [5.41, 5.74) is 0.669. The molecule has 0 aliphatic heterocycles. The molecule has 0 saturated carbocycles. The second-order valence-electron chi connectivity index (χ2n) is 5.90. The standard InChI is InChI=1S/C18H20F2N2O4S/c1-12(13-4-6-14(19)7-5-13)21-18(23)11-22(2)27(24,25)17-10-15(20)8-9-16(17)26-3/h4-10,12H,11H2,1-3H3,(H,21,23)/t12-/m1/s1. The predicted octanol–water partition coefficient (Wildman–Crippen LogP) is 2.47. The second-order valence-corrected chi connectivity index (χ2v) is 7.91. The Morgan fingerprint density at radius 3 is 2.33 bits per heavy atom. The predicted molar refractivity (Wildman–Crippen MR) is 95.7 cm³/mol. The van der Waals surface area contributed by atoms with Crippen molar-refractivity contribution in [3.05, 3.63) is 59.7 Å².